The Hall–Kier alpha value is -2.33. The van der Waals surface area contributed by atoms with E-state index in [1.54, 1.807) is 12.1 Å². The fourth-order valence-electron chi connectivity index (χ4n) is 3.20. The predicted molar refractivity (Wildman–Crippen MR) is 108 cm³/mol. The Labute approximate surface area is 177 Å². The van der Waals surface area contributed by atoms with Crippen molar-refractivity contribution >= 4 is 17.6 Å². The molecule has 0 aliphatic carbocycles. The highest BCUT2D eigenvalue weighted by molar-refractivity contribution is 6.30. The van der Waals surface area contributed by atoms with E-state index >= 15 is 0 Å². The minimum Gasteiger partial charge on any atom is -0.357 e. The van der Waals surface area contributed by atoms with E-state index in [9.17, 15) is 13.2 Å². The second-order valence-corrected chi connectivity index (χ2v) is 7.45. The van der Waals surface area contributed by atoms with Gasteiger partial charge in [-0.15, -0.1) is 0 Å². The van der Waals surface area contributed by atoms with Gasteiger partial charge in [-0.25, -0.2) is 0 Å². The molecule has 7 nitrogen and oxygen atoms in total. The third kappa shape index (κ3) is 6.88. The van der Waals surface area contributed by atoms with Crippen LogP contribution in [0.2, 0.25) is 5.02 Å². The Balaban J connectivity index is 1.51. The number of aromatic nitrogens is 2. The van der Waals surface area contributed by atoms with Crippen molar-refractivity contribution in [3.8, 4) is 11.4 Å². The van der Waals surface area contributed by atoms with Crippen LogP contribution in [0.3, 0.4) is 0 Å². The highest BCUT2D eigenvalue weighted by Crippen LogP contribution is 2.20. The zero-order valence-corrected chi connectivity index (χ0v) is 17.3. The van der Waals surface area contributed by atoms with Gasteiger partial charge in [-0.3, -0.25) is 9.89 Å². The summed E-state index contributed by atoms with van der Waals surface area (Å²) in [5.74, 6) is 1.50. The van der Waals surface area contributed by atoms with Crippen molar-refractivity contribution in [3.63, 3.8) is 0 Å². The van der Waals surface area contributed by atoms with Gasteiger partial charge in [-0.1, -0.05) is 16.8 Å². The van der Waals surface area contributed by atoms with Crippen LogP contribution in [0.4, 0.5) is 13.2 Å². The maximum atomic E-state index is 12.5. The van der Waals surface area contributed by atoms with Crippen LogP contribution in [0.25, 0.3) is 11.4 Å². The lowest BCUT2D eigenvalue weighted by Gasteiger charge is -2.19. The number of aliphatic imine (C=N–C) groups is 1. The number of nitrogens with zero attached hydrogens (tertiary/aromatic N) is 4. The third-order valence-electron chi connectivity index (χ3n) is 4.53. The van der Waals surface area contributed by atoms with Crippen molar-refractivity contribution in [2.24, 2.45) is 4.99 Å². The van der Waals surface area contributed by atoms with Gasteiger partial charge in [0.2, 0.25) is 11.7 Å². The van der Waals surface area contributed by atoms with Crippen molar-refractivity contribution in [1.82, 2.24) is 25.7 Å². The second kappa shape index (κ2) is 10.1. The molecule has 164 valence electrons. The average Bonchev–Trinajstić information content (AvgIpc) is 3.31. The molecule has 1 saturated heterocycles. The number of guanidine groups is 1. The van der Waals surface area contributed by atoms with E-state index in [0.717, 1.165) is 5.56 Å². The Kier molecular flexibility index (Phi) is 7.54. The first-order chi connectivity index (χ1) is 14.3. The van der Waals surface area contributed by atoms with Gasteiger partial charge in [-0.05, 0) is 37.6 Å². The van der Waals surface area contributed by atoms with Crippen LogP contribution in [-0.2, 0) is 6.42 Å². The van der Waals surface area contributed by atoms with Gasteiger partial charge >= 0.3 is 6.18 Å². The van der Waals surface area contributed by atoms with Crippen LogP contribution in [0.1, 0.15) is 19.2 Å². The van der Waals surface area contributed by atoms with E-state index in [4.69, 9.17) is 16.1 Å². The minimum atomic E-state index is -4.18. The number of alkyl halides is 3. The SMILES string of the molecule is CCNC(=NCCc1nc(-c2ccc(Cl)cc2)no1)NC1CCN(CC(F)(F)F)C1. The molecular formula is C19H24ClF3N6O. The van der Waals surface area contributed by atoms with Crippen molar-refractivity contribution in [2.45, 2.75) is 32.0 Å². The summed E-state index contributed by atoms with van der Waals surface area (Å²) in [6.07, 6.45) is -3.10. The number of nitrogens with one attached hydrogen (secondary N) is 2. The lowest BCUT2D eigenvalue weighted by molar-refractivity contribution is -0.143. The number of likely N-dealkylation sites (tertiary alicyclic amines) is 1. The summed E-state index contributed by atoms with van der Waals surface area (Å²) < 4.78 is 42.9. The summed E-state index contributed by atoms with van der Waals surface area (Å²) in [5.41, 5.74) is 0.803. The van der Waals surface area contributed by atoms with E-state index < -0.39 is 12.7 Å². The Morgan fingerprint density at radius 1 is 1.33 bits per heavy atom. The molecule has 2 heterocycles. The molecular weight excluding hydrogens is 421 g/mol. The molecule has 1 unspecified atom stereocenters. The summed E-state index contributed by atoms with van der Waals surface area (Å²) in [5, 5.41) is 10.9. The Morgan fingerprint density at radius 3 is 2.80 bits per heavy atom. The summed E-state index contributed by atoms with van der Waals surface area (Å²) in [6.45, 7) is 2.83. The van der Waals surface area contributed by atoms with Gasteiger partial charge in [0, 0.05) is 42.7 Å². The molecule has 1 aromatic heterocycles. The molecule has 30 heavy (non-hydrogen) atoms. The molecule has 3 rings (SSSR count). The standard InChI is InChI=1S/C19H24ClF3N6O/c1-2-24-18(26-15-8-10-29(11-15)12-19(21,22)23)25-9-7-16-27-17(28-30-16)13-3-5-14(20)6-4-13/h3-6,15H,2,7-12H2,1H3,(H2,24,25,26). The molecule has 1 atom stereocenters. The topological polar surface area (TPSA) is 78.6 Å². The Morgan fingerprint density at radius 2 is 2.10 bits per heavy atom. The lowest BCUT2D eigenvalue weighted by atomic mass is 10.2. The number of benzene rings is 1. The molecule has 1 fully saturated rings. The fourth-order valence-corrected chi connectivity index (χ4v) is 3.32. The van der Waals surface area contributed by atoms with E-state index in [2.05, 4.69) is 25.8 Å². The molecule has 2 aromatic rings. The number of hydrogen-bond acceptors (Lipinski definition) is 5. The minimum absolute atomic E-state index is 0.0786. The quantitative estimate of drug-likeness (QED) is 0.504. The summed E-state index contributed by atoms with van der Waals surface area (Å²) in [7, 11) is 0. The predicted octanol–water partition coefficient (Wildman–Crippen LogP) is 3.12. The van der Waals surface area contributed by atoms with Gasteiger partial charge in [0.15, 0.2) is 5.96 Å². The largest absolute Gasteiger partial charge is 0.401 e. The van der Waals surface area contributed by atoms with Crippen LogP contribution in [-0.4, -0.2) is 65.9 Å². The first-order valence-electron chi connectivity index (χ1n) is 9.75. The molecule has 0 radical (unpaired) electrons. The van der Waals surface area contributed by atoms with Crippen LogP contribution in [0, 0.1) is 0 Å². The summed E-state index contributed by atoms with van der Waals surface area (Å²) in [6, 6.07) is 7.05. The monoisotopic (exact) mass is 444 g/mol. The molecule has 0 saturated carbocycles. The first-order valence-corrected chi connectivity index (χ1v) is 10.1. The molecule has 1 aliphatic rings. The van der Waals surface area contributed by atoms with E-state index in [0.29, 0.717) is 61.7 Å². The molecule has 0 spiro atoms. The maximum absolute atomic E-state index is 12.5. The van der Waals surface area contributed by atoms with Crippen LogP contribution in [0.15, 0.2) is 33.8 Å². The maximum Gasteiger partial charge on any atom is 0.401 e. The normalized spacial score (nSPS) is 18.0. The molecule has 1 aromatic carbocycles. The zero-order chi connectivity index (χ0) is 21.6. The highest BCUT2D eigenvalue weighted by atomic mass is 35.5. The zero-order valence-electron chi connectivity index (χ0n) is 16.5. The highest BCUT2D eigenvalue weighted by Gasteiger charge is 2.34. The average molecular weight is 445 g/mol. The number of rotatable bonds is 7. The number of halogens is 4. The van der Waals surface area contributed by atoms with Gasteiger partial charge in [0.1, 0.15) is 0 Å². The van der Waals surface area contributed by atoms with Crippen molar-refractivity contribution in [3.05, 3.63) is 35.2 Å². The third-order valence-corrected chi connectivity index (χ3v) is 4.78. The van der Waals surface area contributed by atoms with E-state index in [-0.39, 0.29) is 6.04 Å². The van der Waals surface area contributed by atoms with Crippen LogP contribution < -0.4 is 10.6 Å². The fraction of sp³-hybridized carbons (Fsp3) is 0.526. The molecule has 2 N–H and O–H groups in total. The first kappa shape index (κ1) is 22.4. The van der Waals surface area contributed by atoms with Gasteiger partial charge in [0.05, 0.1) is 13.1 Å². The number of hydrogen-bond donors (Lipinski definition) is 2. The second-order valence-electron chi connectivity index (χ2n) is 7.01. The molecule has 1 aliphatic heterocycles. The summed E-state index contributed by atoms with van der Waals surface area (Å²) in [4.78, 5) is 10.2. The smallest absolute Gasteiger partial charge is 0.357 e. The molecule has 0 amide bonds. The summed E-state index contributed by atoms with van der Waals surface area (Å²) >= 11 is 5.88. The van der Waals surface area contributed by atoms with Crippen molar-refractivity contribution < 1.29 is 17.7 Å². The van der Waals surface area contributed by atoms with Gasteiger partial charge in [0.25, 0.3) is 0 Å². The van der Waals surface area contributed by atoms with Gasteiger partial charge in [-0.2, -0.15) is 18.2 Å². The van der Waals surface area contributed by atoms with E-state index in [1.165, 1.54) is 4.90 Å². The molecule has 11 heteroatoms. The van der Waals surface area contributed by atoms with E-state index in [1.807, 2.05) is 19.1 Å². The van der Waals surface area contributed by atoms with Crippen molar-refractivity contribution in [2.75, 3.05) is 32.7 Å². The van der Waals surface area contributed by atoms with Crippen LogP contribution in [0.5, 0.6) is 0 Å². The lowest BCUT2D eigenvalue weighted by Crippen LogP contribution is -2.45. The van der Waals surface area contributed by atoms with Gasteiger partial charge < -0.3 is 15.2 Å². The molecule has 0 bridgehead atoms. The van der Waals surface area contributed by atoms with Crippen LogP contribution >= 0.6 is 11.6 Å². The van der Waals surface area contributed by atoms with Crippen molar-refractivity contribution in [1.29, 1.82) is 0 Å². The Bertz CT molecular complexity index is 840.